The first-order chi connectivity index (χ1) is 7.92. The zero-order chi connectivity index (χ0) is 10.8. The molecule has 16 heavy (non-hydrogen) atoms. The highest BCUT2D eigenvalue weighted by Crippen LogP contribution is 2.40. The first kappa shape index (κ1) is 10.3. The van der Waals surface area contributed by atoms with Crippen molar-refractivity contribution in [1.82, 2.24) is 5.32 Å². The highest BCUT2D eigenvalue weighted by molar-refractivity contribution is 5.19. The molecule has 1 saturated heterocycles. The molecule has 1 aromatic carbocycles. The number of piperidine rings is 1. The van der Waals surface area contributed by atoms with E-state index in [1.54, 1.807) is 0 Å². The molecule has 0 spiro atoms. The molecule has 3 rings (SSSR count). The smallest absolute Gasteiger partial charge is 0.0322 e. The maximum absolute atomic E-state index is 3.66. The molecular formula is C15H21N. The summed E-state index contributed by atoms with van der Waals surface area (Å²) in [6.07, 6.45) is 7.23. The number of hydrogen-bond donors (Lipinski definition) is 1. The van der Waals surface area contributed by atoms with E-state index in [0.29, 0.717) is 6.04 Å². The maximum Gasteiger partial charge on any atom is 0.0322 e. The van der Waals surface area contributed by atoms with Gasteiger partial charge in [0.1, 0.15) is 0 Å². The summed E-state index contributed by atoms with van der Waals surface area (Å²) < 4.78 is 0. The molecule has 2 fully saturated rings. The molecule has 86 valence electrons. The van der Waals surface area contributed by atoms with Crippen LogP contribution in [0.5, 0.6) is 0 Å². The normalized spacial score (nSPS) is 30.2. The van der Waals surface area contributed by atoms with Gasteiger partial charge in [-0.05, 0) is 43.2 Å². The molecule has 0 unspecified atom stereocenters. The summed E-state index contributed by atoms with van der Waals surface area (Å²) in [7, 11) is 0. The summed E-state index contributed by atoms with van der Waals surface area (Å²) in [5.41, 5.74) is 1.47. The Morgan fingerprint density at radius 2 is 1.81 bits per heavy atom. The molecule has 1 nitrogen and oxygen atoms in total. The fourth-order valence-corrected chi connectivity index (χ4v) is 2.97. The van der Waals surface area contributed by atoms with Crippen LogP contribution in [0, 0.1) is 11.8 Å². The molecule has 1 aliphatic heterocycles. The van der Waals surface area contributed by atoms with Crippen molar-refractivity contribution in [2.75, 3.05) is 6.54 Å². The minimum Gasteiger partial charge on any atom is -0.310 e. The van der Waals surface area contributed by atoms with Crippen LogP contribution in [0.4, 0.5) is 0 Å². The van der Waals surface area contributed by atoms with Crippen LogP contribution in [-0.4, -0.2) is 6.54 Å². The zero-order valence-corrected chi connectivity index (χ0v) is 9.86. The van der Waals surface area contributed by atoms with Crippen LogP contribution in [0.1, 0.15) is 43.7 Å². The van der Waals surface area contributed by atoms with Crippen LogP contribution in [0.3, 0.4) is 0 Å². The zero-order valence-electron chi connectivity index (χ0n) is 9.86. The average Bonchev–Trinajstić information content (AvgIpc) is 3.15. The Hall–Kier alpha value is -0.820. The van der Waals surface area contributed by atoms with Gasteiger partial charge >= 0.3 is 0 Å². The standard InChI is InChI=1S/C15H21N/c1-2-4-14(5-3-1)15-11-13(8-9-16-15)10-12-6-7-12/h1-5,12-13,15-16H,6-11H2/t13-,15-/m0/s1. The van der Waals surface area contributed by atoms with E-state index >= 15 is 0 Å². The molecule has 2 aliphatic rings. The van der Waals surface area contributed by atoms with Gasteiger partial charge in [-0.15, -0.1) is 0 Å². The molecule has 0 aromatic heterocycles. The first-order valence-electron chi connectivity index (χ1n) is 6.70. The van der Waals surface area contributed by atoms with E-state index < -0.39 is 0 Å². The third-order valence-corrected chi connectivity index (χ3v) is 4.08. The van der Waals surface area contributed by atoms with Gasteiger partial charge in [-0.1, -0.05) is 43.2 Å². The molecule has 0 amide bonds. The monoisotopic (exact) mass is 215 g/mol. The van der Waals surface area contributed by atoms with Crippen LogP contribution in [-0.2, 0) is 0 Å². The summed E-state index contributed by atoms with van der Waals surface area (Å²) in [5.74, 6) is 2.05. The van der Waals surface area contributed by atoms with E-state index in [2.05, 4.69) is 35.6 Å². The van der Waals surface area contributed by atoms with E-state index in [4.69, 9.17) is 0 Å². The van der Waals surface area contributed by atoms with E-state index in [1.165, 1.54) is 44.2 Å². The van der Waals surface area contributed by atoms with Gasteiger partial charge in [-0.3, -0.25) is 0 Å². The lowest BCUT2D eigenvalue weighted by molar-refractivity contribution is 0.282. The fraction of sp³-hybridized carbons (Fsp3) is 0.600. The molecular weight excluding hydrogens is 194 g/mol. The maximum atomic E-state index is 3.66. The van der Waals surface area contributed by atoms with Crippen LogP contribution >= 0.6 is 0 Å². The number of rotatable bonds is 3. The predicted octanol–water partition coefficient (Wildman–Crippen LogP) is 3.53. The van der Waals surface area contributed by atoms with Crippen molar-refractivity contribution in [3.8, 4) is 0 Å². The lowest BCUT2D eigenvalue weighted by Gasteiger charge is -2.30. The highest BCUT2D eigenvalue weighted by Gasteiger charge is 2.29. The summed E-state index contributed by atoms with van der Waals surface area (Å²) >= 11 is 0. The minimum absolute atomic E-state index is 0.610. The summed E-state index contributed by atoms with van der Waals surface area (Å²) in [5, 5.41) is 3.66. The van der Waals surface area contributed by atoms with Crippen molar-refractivity contribution < 1.29 is 0 Å². The van der Waals surface area contributed by atoms with Crippen LogP contribution < -0.4 is 5.32 Å². The minimum atomic E-state index is 0.610. The Morgan fingerprint density at radius 3 is 2.56 bits per heavy atom. The SMILES string of the molecule is c1ccc([C@@H]2C[C@H](CC3CC3)CCN2)cc1. The van der Waals surface area contributed by atoms with E-state index in [0.717, 1.165) is 11.8 Å². The van der Waals surface area contributed by atoms with Gasteiger partial charge in [0.2, 0.25) is 0 Å². The molecule has 1 N–H and O–H groups in total. The van der Waals surface area contributed by atoms with Gasteiger partial charge in [0, 0.05) is 6.04 Å². The van der Waals surface area contributed by atoms with Gasteiger partial charge in [-0.25, -0.2) is 0 Å². The Labute approximate surface area is 98.3 Å². The third kappa shape index (κ3) is 2.46. The van der Waals surface area contributed by atoms with Crippen molar-refractivity contribution in [1.29, 1.82) is 0 Å². The summed E-state index contributed by atoms with van der Waals surface area (Å²) in [6.45, 7) is 1.21. The third-order valence-electron chi connectivity index (χ3n) is 4.08. The topological polar surface area (TPSA) is 12.0 Å². The molecule has 1 heteroatoms. The quantitative estimate of drug-likeness (QED) is 0.813. The van der Waals surface area contributed by atoms with Gasteiger partial charge < -0.3 is 5.32 Å². The Kier molecular flexibility index (Phi) is 2.96. The molecule has 2 atom stereocenters. The Morgan fingerprint density at radius 1 is 1.00 bits per heavy atom. The lowest BCUT2D eigenvalue weighted by Crippen LogP contribution is -2.31. The van der Waals surface area contributed by atoms with E-state index in [-0.39, 0.29) is 0 Å². The average molecular weight is 215 g/mol. The molecule has 0 bridgehead atoms. The van der Waals surface area contributed by atoms with Crippen LogP contribution in [0.2, 0.25) is 0 Å². The van der Waals surface area contributed by atoms with Crippen molar-refractivity contribution in [2.45, 2.75) is 38.1 Å². The van der Waals surface area contributed by atoms with Gasteiger partial charge in [0.05, 0.1) is 0 Å². The lowest BCUT2D eigenvalue weighted by atomic mass is 9.85. The van der Waals surface area contributed by atoms with Gasteiger partial charge in [-0.2, -0.15) is 0 Å². The number of hydrogen-bond acceptors (Lipinski definition) is 1. The molecule has 1 saturated carbocycles. The van der Waals surface area contributed by atoms with Gasteiger partial charge in [0.25, 0.3) is 0 Å². The highest BCUT2D eigenvalue weighted by atomic mass is 14.9. The molecule has 1 aliphatic carbocycles. The molecule has 0 radical (unpaired) electrons. The first-order valence-corrected chi connectivity index (χ1v) is 6.70. The molecule has 1 heterocycles. The van der Waals surface area contributed by atoms with Crippen molar-refractivity contribution in [3.63, 3.8) is 0 Å². The van der Waals surface area contributed by atoms with E-state index in [9.17, 15) is 0 Å². The van der Waals surface area contributed by atoms with E-state index in [1.807, 2.05) is 0 Å². The predicted molar refractivity (Wildman–Crippen MR) is 67.3 cm³/mol. The fourth-order valence-electron chi connectivity index (χ4n) is 2.97. The molecule has 1 aromatic rings. The second kappa shape index (κ2) is 4.58. The Bertz CT molecular complexity index is 329. The van der Waals surface area contributed by atoms with Crippen LogP contribution in [0.15, 0.2) is 30.3 Å². The van der Waals surface area contributed by atoms with Crippen molar-refractivity contribution in [3.05, 3.63) is 35.9 Å². The number of nitrogens with one attached hydrogen (secondary N) is 1. The second-order valence-corrected chi connectivity index (χ2v) is 5.49. The largest absolute Gasteiger partial charge is 0.310 e. The van der Waals surface area contributed by atoms with Crippen LogP contribution in [0.25, 0.3) is 0 Å². The Balaban J connectivity index is 1.62. The van der Waals surface area contributed by atoms with Crippen molar-refractivity contribution >= 4 is 0 Å². The van der Waals surface area contributed by atoms with Gasteiger partial charge in [0.15, 0.2) is 0 Å². The summed E-state index contributed by atoms with van der Waals surface area (Å²) in [4.78, 5) is 0. The number of benzene rings is 1. The second-order valence-electron chi connectivity index (χ2n) is 5.49. The van der Waals surface area contributed by atoms with Crippen molar-refractivity contribution in [2.24, 2.45) is 11.8 Å². The summed E-state index contributed by atoms with van der Waals surface area (Å²) in [6, 6.07) is 11.5.